The minimum Gasteiger partial charge on any atom is -0.748 e. The summed E-state index contributed by atoms with van der Waals surface area (Å²) in [6.07, 6.45) is 8.10. The van der Waals surface area contributed by atoms with Crippen LogP contribution >= 0.6 is 0 Å². The molecular weight excluding hydrogens is 291 g/mol. The number of hydrogen-bond donors (Lipinski definition) is 2. The Morgan fingerprint density at radius 3 is 1.65 bits per heavy atom. The van der Waals surface area contributed by atoms with E-state index in [4.69, 9.17) is 10.2 Å². The molecule has 118 valence electrons. The Balaban J connectivity index is -0.000000414. The van der Waals surface area contributed by atoms with Crippen LogP contribution in [0.4, 0.5) is 0 Å². The number of hydrogen-bond acceptors (Lipinski definition) is 5. The van der Waals surface area contributed by atoms with Crippen LogP contribution in [-0.2, 0) is 10.1 Å². The Bertz CT molecular complexity index is 268. The van der Waals surface area contributed by atoms with E-state index in [1.807, 2.05) is 0 Å². The molecule has 0 amide bonds. The SMILES string of the molecule is CC(O)CO.CCCCCCCCCCS(=O)(=O)[O-].[Na+]. The van der Waals surface area contributed by atoms with Crippen molar-refractivity contribution in [3.63, 3.8) is 0 Å². The standard InChI is InChI=1S/C10H22O3S.C3H8O2.Na/c1-2-3-4-5-6-7-8-9-10-14(11,12)13;1-3(5)2-4;/h2-10H2,1H3,(H,11,12,13);3-5H,2H2,1H3;/q;;+1/p-1. The molecule has 0 aliphatic rings. The summed E-state index contributed by atoms with van der Waals surface area (Å²) in [5, 5.41) is 16.0. The van der Waals surface area contributed by atoms with Crippen molar-refractivity contribution in [2.45, 2.75) is 71.3 Å². The fraction of sp³-hybridized carbons (Fsp3) is 1.00. The minimum absolute atomic E-state index is 0. The van der Waals surface area contributed by atoms with Crippen LogP contribution in [0.25, 0.3) is 0 Å². The molecule has 5 nitrogen and oxygen atoms in total. The van der Waals surface area contributed by atoms with Gasteiger partial charge in [0.15, 0.2) is 0 Å². The molecule has 0 aromatic heterocycles. The zero-order valence-electron chi connectivity index (χ0n) is 13.2. The molecule has 0 saturated heterocycles. The van der Waals surface area contributed by atoms with Crippen LogP contribution in [0, 0.1) is 0 Å². The first-order valence-electron chi connectivity index (χ1n) is 7.06. The second kappa shape index (κ2) is 17.9. The second-order valence-corrected chi connectivity index (χ2v) is 6.29. The van der Waals surface area contributed by atoms with Gasteiger partial charge >= 0.3 is 29.6 Å². The minimum atomic E-state index is -3.98. The van der Waals surface area contributed by atoms with Gasteiger partial charge in [0.05, 0.1) is 22.8 Å². The maximum absolute atomic E-state index is 10.2. The first-order chi connectivity index (χ1) is 8.83. The zero-order valence-corrected chi connectivity index (χ0v) is 16.0. The van der Waals surface area contributed by atoms with E-state index in [9.17, 15) is 13.0 Å². The molecule has 1 unspecified atom stereocenters. The third-order valence-electron chi connectivity index (χ3n) is 2.51. The van der Waals surface area contributed by atoms with Gasteiger partial charge in [-0.15, -0.1) is 0 Å². The van der Waals surface area contributed by atoms with Crippen LogP contribution in [0.1, 0.15) is 65.2 Å². The number of unbranched alkanes of at least 4 members (excludes halogenated alkanes) is 7. The molecule has 0 saturated carbocycles. The largest absolute Gasteiger partial charge is 1.00 e. The first-order valence-corrected chi connectivity index (χ1v) is 8.63. The van der Waals surface area contributed by atoms with E-state index in [1.165, 1.54) is 39.0 Å². The van der Waals surface area contributed by atoms with Gasteiger partial charge < -0.3 is 14.8 Å². The smallest absolute Gasteiger partial charge is 0.748 e. The molecule has 0 heterocycles. The predicted octanol–water partition coefficient (Wildman–Crippen LogP) is -0.964. The number of aliphatic hydroxyl groups is 2. The average molecular weight is 320 g/mol. The van der Waals surface area contributed by atoms with Crippen LogP contribution < -0.4 is 29.6 Å². The van der Waals surface area contributed by atoms with Crippen molar-refractivity contribution < 1.29 is 52.7 Å². The van der Waals surface area contributed by atoms with Crippen molar-refractivity contribution in [2.24, 2.45) is 0 Å². The van der Waals surface area contributed by atoms with Gasteiger partial charge in [0.2, 0.25) is 0 Å². The third kappa shape index (κ3) is 31.3. The van der Waals surface area contributed by atoms with E-state index in [-0.39, 0.29) is 41.9 Å². The summed E-state index contributed by atoms with van der Waals surface area (Å²) < 4.78 is 30.7. The fourth-order valence-electron chi connectivity index (χ4n) is 1.41. The van der Waals surface area contributed by atoms with Gasteiger partial charge in [-0.2, -0.15) is 0 Å². The Hall–Kier alpha value is 0.830. The molecule has 0 rings (SSSR count). The molecule has 0 radical (unpaired) electrons. The summed E-state index contributed by atoms with van der Waals surface area (Å²) in [6.45, 7) is 3.57. The van der Waals surface area contributed by atoms with E-state index >= 15 is 0 Å². The van der Waals surface area contributed by atoms with Crippen molar-refractivity contribution in [3.05, 3.63) is 0 Å². The van der Waals surface area contributed by atoms with E-state index in [1.54, 1.807) is 0 Å². The van der Waals surface area contributed by atoms with Crippen LogP contribution in [-0.4, -0.2) is 41.6 Å². The summed E-state index contributed by atoms with van der Waals surface area (Å²) >= 11 is 0. The summed E-state index contributed by atoms with van der Waals surface area (Å²) in [7, 11) is -3.98. The molecule has 7 heteroatoms. The molecular formula is C13H29NaO5S. The summed E-state index contributed by atoms with van der Waals surface area (Å²) in [6, 6.07) is 0. The Kier molecular flexibility index (Phi) is 23.0. The predicted molar refractivity (Wildman–Crippen MR) is 75.9 cm³/mol. The molecule has 2 N–H and O–H groups in total. The topological polar surface area (TPSA) is 97.7 Å². The van der Waals surface area contributed by atoms with E-state index in [0.717, 1.165) is 12.8 Å². The van der Waals surface area contributed by atoms with E-state index in [2.05, 4.69) is 6.92 Å². The Labute approximate surface area is 146 Å². The molecule has 0 aromatic rings. The van der Waals surface area contributed by atoms with Crippen LogP contribution in [0.3, 0.4) is 0 Å². The molecule has 0 fully saturated rings. The monoisotopic (exact) mass is 320 g/mol. The number of aliphatic hydroxyl groups excluding tert-OH is 2. The van der Waals surface area contributed by atoms with E-state index < -0.39 is 16.2 Å². The average Bonchev–Trinajstić information content (AvgIpc) is 2.32. The van der Waals surface area contributed by atoms with Gasteiger partial charge in [-0.1, -0.05) is 51.9 Å². The van der Waals surface area contributed by atoms with Crippen molar-refractivity contribution in [1.29, 1.82) is 0 Å². The van der Waals surface area contributed by atoms with Gasteiger partial charge in [-0.05, 0) is 13.3 Å². The maximum Gasteiger partial charge on any atom is 1.00 e. The molecule has 0 aliphatic carbocycles. The second-order valence-electron chi connectivity index (χ2n) is 4.77. The third-order valence-corrected chi connectivity index (χ3v) is 3.30. The summed E-state index contributed by atoms with van der Waals surface area (Å²) in [5.74, 6) is -0.193. The van der Waals surface area contributed by atoms with Gasteiger partial charge in [-0.25, -0.2) is 8.42 Å². The van der Waals surface area contributed by atoms with Crippen LogP contribution in [0.2, 0.25) is 0 Å². The molecule has 0 aromatic carbocycles. The maximum atomic E-state index is 10.2. The van der Waals surface area contributed by atoms with Crippen molar-refractivity contribution in [1.82, 2.24) is 0 Å². The normalized spacial score (nSPS) is 12.1. The van der Waals surface area contributed by atoms with Crippen molar-refractivity contribution in [2.75, 3.05) is 12.4 Å². The molecule has 0 aliphatic heterocycles. The summed E-state index contributed by atoms with van der Waals surface area (Å²) in [5.41, 5.74) is 0. The van der Waals surface area contributed by atoms with Crippen LogP contribution in [0.15, 0.2) is 0 Å². The van der Waals surface area contributed by atoms with Crippen molar-refractivity contribution >= 4 is 10.1 Å². The Morgan fingerprint density at radius 1 is 1.00 bits per heavy atom. The molecule has 0 bridgehead atoms. The first kappa shape index (κ1) is 25.8. The molecule has 0 spiro atoms. The summed E-state index contributed by atoms with van der Waals surface area (Å²) in [4.78, 5) is 0. The van der Waals surface area contributed by atoms with E-state index in [0.29, 0.717) is 6.42 Å². The zero-order chi connectivity index (χ0) is 15.1. The van der Waals surface area contributed by atoms with Crippen molar-refractivity contribution in [3.8, 4) is 0 Å². The van der Waals surface area contributed by atoms with Crippen LogP contribution in [0.5, 0.6) is 0 Å². The van der Waals surface area contributed by atoms with Gasteiger partial charge in [0, 0.05) is 5.75 Å². The number of rotatable bonds is 10. The Morgan fingerprint density at radius 2 is 1.35 bits per heavy atom. The van der Waals surface area contributed by atoms with Gasteiger partial charge in [0.25, 0.3) is 0 Å². The quantitative estimate of drug-likeness (QED) is 0.307. The van der Waals surface area contributed by atoms with Gasteiger partial charge in [-0.3, -0.25) is 0 Å². The van der Waals surface area contributed by atoms with Gasteiger partial charge in [0.1, 0.15) is 0 Å². The fourth-order valence-corrected chi connectivity index (χ4v) is 1.97. The molecule has 20 heavy (non-hydrogen) atoms. The molecule has 1 atom stereocenters.